The van der Waals surface area contributed by atoms with Gasteiger partial charge in [-0.05, 0) is 84.2 Å². The van der Waals surface area contributed by atoms with Gasteiger partial charge in [0.1, 0.15) is 0 Å². The molecule has 0 aromatic heterocycles. The highest BCUT2D eigenvalue weighted by molar-refractivity contribution is 6.31. The molecular formula is C20H23Cl. The first-order chi connectivity index (χ1) is 9.68. The first kappa shape index (κ1) is 15.9. The second-order valence-electron chi connectivity index (χ2n) is 6.06. The van der Waals surface area contributed by atoms with E-state index in [-0.39, 0.29) is 5.92 Å². The van der Waals surface area contributed by atoms with Gasteiger partial charge in [-0.2, -0.15) is 0 Å². The summed E-state index contributed by atoms with van der Waals surface area (Å²) in [7, 11) is 0. The molecule has 1 atom stereocenters. The molecule has 0 radical (unpaired) electrons. The van der Waals surface area contributed by atoms with Crippen molar-refractivity contribution in [1.82, 2.24) is 0 Å². The minimum Gasteiger partial charge on any atom is -0.0952 e. The molecule has 0 fully saturated rings. The van der Waals surface area contributed by atoms with E-state index in [2.05, 4.69) is 54.0 Å². The summed E-state index contributed by atoms with van der Waals surface area (Å²) < 4.78 is 0. The van der Waals surface area contributed by atoms with Crippen LogP contribution in [-0.2, 0) is 0 Å². The maximum Gasteiger partial charge on any atom is 0.0366 e. The predicted octanol–water partition coefficient (Wildman–Crippen LogP) is 6.29. The molecule has 0 amide bonds. The van der Waals surface area contributed by atoms with Crippen LogP contribution in [0.1, 0.15) is 45.7 Å². The third kappa shape index (κ3) is 2.32. The zero-order valence-electron chi connectivity index (χ0n) is 13.5. The fourth-order valence-electron chi connectivity index (χ4n) is 3.30. The molecule has 0 spiro atoms. The molecular weight excluding hydrogens is 276 g/mol. The lowest BCUT2D eigenvalue weighted by Gasteiger charge is -2.34. The second-order valence-corrected chi connectivity index (χ2v) is 6.51. The molecule has 21 heavy (non-hydrogen) atoms. The van der Waals surface area contributed by atoms with E-state index in [9.17, 15) is 0 Å². The first-order valence-corrected chi connectivity index (χ1v) is 7.57. The summed E-state index contributed by atoms with van der Waals surface area (Å²) in [6.07, 6.45) is 0.819. The van der Waals surface area contributed by atoms with Crippen molar-refractivity contribution in [3.05, 3.63) is 75.9 Å². The van der Waals surface area contributed by atoms with E-state index in [0.29, 0.717) is 5.03 Å². The smallest absolute Gasteiger partial charge is 0.0366 e. The highest BCUT2D eigenvalue weighted by Gasteiger charge is 2.31. The molecule has 0 saturated heterocycles. The number of allylic oxidation sites excluding steroid dienone is 4. The summed E-state index contributed by atoms with van der Waals surface area (Å²) in [6.45, 7) is 25.2. The third-order valence-corrected chi connectivity index (χ3v) is 5.28. The summed E-state index contributed by atoms with van der Waals surface area (Å²) in [5.74, 6) is 0.154. The van der Waals surface area contributed by atoms with Crippen molar-refractivity contribution in [2.24, 2.45) is 0 Å². The van der Waals surface area contributed by atoms with Crippen molar-refractivity contribution in [1.29, 1.82) is 0 Å². The van der Waals surface area contributed by atoms with Gasteiger partial charge in [0.05, 0.1) is 0 Å². The fourth-order valence-corrected chi connectivity index (χ4v) is 3.43. The summed E-state index contributed by atoms with van der Waals surface area (Å²) in [4.78, 5) is 0. The van der Waals surface area contributed by atoms with Gasteiger partial charge in [0, 0.05) is 11.0 Å². The SMILES string of the molecule is C=C(Cl)C(=C)C1CC(=C)C(=C)c2c(C)c(C)c(C)c(C)c21. The number of hydrogen-bond donors (Lipinski definition) is 0. The van der Waals surface area contributed by atoms with Crippen LogP contribution >= 0.6 is 11.6 Å². The van der Waals surface area contributed by atoms with E-state index < -0.39 is 0 Å². The lowest BCUT2D eigenvalue weighted by atomic mass is 9.70. The Hall–Kier alpha value is -1.53. The van der Waals surface area contributed by atoms with E-state index in [1.165, 1.54) is 33.4 Å². The van der Waals surface area contributed by atoms with Crippen molar-refractivity contribution in [3.8, 4) is 0 Å². The molecule has 2 rings (SSSR count). The third-order valence-electron chi connectivity index (χ3n) is 5.03. The Labute approximate surface area is 133 Å². The van der Waals surface area contributed by atoms with Crippen LogP contribution in [-0.4, -0.2) is 0 Å². The Morgan fingerprint density at radius 2 is 1.48 bits per heavy atom. The molecule has 0 aliphatic heterocycles. The van der Waals surface area contributed by atoms with Gasteiger partial charge in [-0.25, -0.2) is 0 Å². The predicted molar refractivity (Wildman–Crippen MR) is 95.1 cm³/mol. The standard InChI is InChI=1S/C20H23Cl/c1-10-9-18(16(7)17(8)21)20-15(6)13(4)12(3)14(5)19(20)11(10)2/h18H,1-2,7-9H2,3-6H3. The van der Waals surface area contributed by atoms with E-state index in [1.54, 1.807) is 0 Å². The Morgan fingerprint density at radius 3 is 2.00 bits per heavy atom. The van der Waals surface area contributed by atoms with Gasteiger partial charge in [-0.3, -0.25) is 0 Å². The lowest BCUT2D eigenvalue weighted by Crippen LogP contribution is -2.17. The van der Waals surface area contributed by atoms with Crippen molar-refractivity contribution in [2.75, 3.05) is 0 Å². The Bertz CT molecular complexity index is 701. The molecule has 1 aliphatic carbocycles. The van der Waals surface area contributed by atoms with Crippen molar-refractivity contribution < 1.29 is 0 Å². The van der Waals surface area contributed by atoms with Crippen LogP contribution < -0.4 is 0 Å². The fraction of sp³-hybridized carbons (Fsp3) is 0.300. The van der Waals surface area contributed by atoms with Gasteiger partial charge in [0.2, 0.25) is 0 Å². The molecule has 0 saturated carbocycles. The molecule has 1 aromatic rings. The largest absolute Gasteiger partial charge is 0.0952 e. The Balaban J connectivity index is 2.85. The highest BCUT2D eigenvalue weighted by Crippen LogP contribution is 2.49. The Morgan fingerprint density at radius 1 is 0.952 bits per heavy atom. The molecule has 0 heterocycles. The minimum atomic E-state index is 0.154. The maximum absolute atomic E-state index is 6.13. The van der Waals surface area contributed by atoms with Gasteiger partial charge in [0.25, 0.3) is 0 Å². The molecule has 0 N–H and O–H groups in total. The van der Waals surface area contributed by atoms with Crippen molar-refractivity contribution in [3.63, 3.8) is 0 Å². The van der Waals surface area contributed by atoms with E-state index in [1.807, 2.05) is 0 Å². The molecule has 1 heteroatoms. The van der Waals surface area contributed by atoms with Crippen LogP contribution in [0.2, 0.25) is 0 Å². The normalized spacial score (nSPS) is 17.7. The van der Waals surface area contributed by atoms with E-state index in [4.69, 9.17) is 11.6 Å². The van der Waals surface area contributed by atoms with E-state index in [0.717, 1.165) is 23.1 Å². The number of hydrogen-bond acceptors (Lipinski definition) is 0. The van der Waals surface area contributed by atoms with Gasteiger partial charge in [0.15, 0.2) is 0 Å². The summed E-state index contributed by atoms with van der Waals surface area (Å²) in [6, 6.07) is 0. The number of benzene rings is 1. The highest BCUT2D eigenvalue weighted by atomic mass is 35.5. The van der Waals surface area contributed by atoms with Gasteiger partial charge < -0.3 is 0 Å². The average Bonchev–Trinajstić information content (AvgIpc) is 2.44. The van der Waals surface area contributed by atoms with Gasteiger partial charge in [-0.1, -0.05) is 37.9 Å². The molecule has 1 aromatic carbocycles. The molecule has 0 nitrogen and oxygen atoms in total. The summed E-state index contributed by atoms with van der Waals surface area (Å²) in [5.41, 5.74) is 10.8. The lowest BCUT2D eigenvalue weighted by molar-refractivity contribution is 0.780. The Kier molecular flexibility index (Phi) is 4.04. The zero-order valence-corrected chi connectivity index (χ0v) is 14.2. The van der Waals surface area contributed by atoms with Crippen molar-refractivity contribution in [2.45, 2.75) is 40.0 Å². The van der Waals surface area contributed by atoms with Crippen LogP contribution in [0, 0.1) is 27.7 Å². The topological polar surface area (TPSA) is 0 Å². The van der Waals surface area contributed by atoms with Gasteiger partial charge in [-0.15, -0.1) is 0 Å². The summed E-state index contributed by atoms with van der Waals surface area (Å²) in [5, 5.41) is 0.529. The average molecular weight is 299 g/mol. The second kappa shape index (κ2) is 5.35. The van der Waals surface area contributed by atoms with Crippen LogP contribution in [0.5, 0.6) is 0 Å². The number of fused-ring (bicyclic) bond motifs is 1. The minimum absolute atomic E-state index is 0.154. The quantitative estimate of drug-likeness (QED) is 0.563. The first-order valence-electron chi connectivity index (χ1n) is 7.19. The van der Waals surface area contributed by atoms with Crippen molar-refractivity contribution >= 4 is 17.2 Å². The van der Waals surface area contributed by atoms with Gasteiger partial charge >= 0.3 is 0 Å². The van der Waals surface area contributed by atoms with Crippen LogP contribution in [0.4, 0.5) is 0 Å². The van der Waals surface area contributed by atoms with Crippen LogP contribution in [0.15, 0.2) is 42.5 Å². The van der Waals surface area contributed by atoms with Crippen LogP contribution in [0.3, 0.4) is 0 Å². The molecule has 1 aliphatic rings. The monoisotopic (exact) mass is 298 g/mol. The molecule has 0 bridgehead atoms. The molecule has 110 valence electrons. The molecule has 1 unspecified atom stereocenters. The zero-order chi connectivity index (χ0) is 16.1. The van der Waals surface area contributed by atoms with E-state index >= 15 is 0 Å². The maximum atomic E-state index is 6.13. The summed E-state index contributed by atoms with van der Waals surface area (Å²) >= 11 is 6.13. The van der Waals surface area contributed by atoms with Crippen LogP contribution in [0.25, 0.3) is 5.57 Å². The number of halogens is 1. The number of rotatable bonds is 2.